The molecule has 0 radical (unpaired) electrons. The van der Waals surface area contributed by atoms with E-state index in [0.29, 0.717) is 17.9 Å². The average molecular weight is 273 g/mol. The number of methoxy groups -OCH3 is 1. The van der Waals surface area contributed by atoms with Crippen LogP contribution in [0, 0.1) is 25.2 Å². The molecule has 0 saturated carbocycles. The number of ether oxygens (including phenoxy) is 1. The molecule has 0 spiro atoms. The predicted octanol–water partition coefficient (Wildman–Crippen LogP) is 3.25. The van der Waals surface area contributed by atoms with E-state index in [-0.39, 0.29) is 0 Å². The molecule has 1 N–H and O–H groups in total. The number of aromatic nitrogens is 1. The fourth-order valence-corrected chi connectivity index (χ4v) is 2.70. The Kier molecular flexibility index (Phi) is 4.03. The number of nitrogens with zero attached hydrogens (tertiary/aromatic N) is 2. The first-order valence-corrected chi connectivity index (χ1v) is 6.70. The third-order valence-electron chi connectivity index (χ3n) is 2.77. The molecule has 0 atom stereocenters. The van der Waals surface area contributed by atoms with Crippen molar-refractivity contribution in [2.24, 2.45) is 0 Å². The van der Waals surface area contributed by atoms with Crippen LogP contribution in [0.15, 0.2) is 18.2 Å². The Balaban J connectivity index is 2.15. The second kappa shape index (κ2) is 5.72. The molecule has 0 unspecified atom stereocenters. The second-order valence-corrected chi connectivity index (χ2v) is 5.41. The van der Waals surface area contributed by atoms with Crippen molar-refractivity contribution in [3.63, 3.8) is 0 Å². The molecule has 1 aromatic heterocycles. The molecule has 2 aromatic rings. The second-order valence-electron chi connectivity index (χ2n) is 4.12. The van der Waals surface area contributed by atoms with Crippen LogP contribution in [0.2, 0.25) is 0 Å². The minimum atomic E-state index is 0.590. The largest absolute Gasteiger partial charge is 0.495 e. The van der Waals surface area contributed by atoms with Crippen LogP contribution < -0.4 is 10.1 Å². The summed E-state index contributed by atoms with van der Waals surface area (Å²) < 4.78 is 5.29. The fraction of sp³-hybridized carbons (Fsp3) is 0.286. The Hall–Kier alpha value is -2.06. The molecular formula is C14H15N3OS. The van der Waals surface area contributed by atoms with Crippen LogP contribution in [0.1, 0.15) is 21.1 Å². The third kappa shape index (κ3) is 3.04. The monoisotopic (exact) mass is 273 g/mol. The number of thiazole rings is 1. The van der Waals surface area contributed by atoms with Gasteiger partial charge in [0.25, 0.3) is 0 Å². The summed E-state index contributed by atoms with van der Waals surface area (Å²) in [4.78, 5) is 5.61. The van der Waals surface area contributed by atoms with Crippen molar-refractivity contribution in [2.45, 2.75) is 20.4 Å². The average Bonchev–Trinajstić information content (AvgIpc) is 2.74. The SMILES string of the molecule is COc1cc(C#N)ccc1NCc1sc(C)nc1C. The van der Waals surface area contributed by atoms with E-state index in [9.17, 15) is 0 Å². The van der Waals surface area contributed by atoms with Crippen LogP contribution in [-0.2, 0) is 6.54 Å². The van der Waals surface area contributed by atoms with Crippen LogP contribution in [0.5, 0.6) is 5.75 Å². The number of anilines is 1. The fourth-order valence-electron chi connectivity index (χ4n) is 1.82. The molecule has 0 aliphatic rings. The molecule has 0 aliphatic carbocycles. The van der Waals surface area contributed by atoms with Crippen molar-refractivity contribution >= 4 is 17.0 Å². The van der Waals surface area contributed by atoms with E-state index in [2.05, 4.69) is 16.4 Å². The molecule has 0 bridgehead atoms. The van der Waals surface area contributed by atoms with Gasteiger partial charge in [-0.15, -0.1) is 11.3 Å². The first-order chi connectivity index (χ1) is 9.13. The molecule has 5 heteroatoms. The molecule has 4 nitrogen and oxygen atoms in total. The van der Waals surface area contributed by atoms with Gasteiger partial charge in [-0.3, -0.25) is 0 Å². The van der Waals surface area contributed by atoms with E-state index >= 15 is 0 Å². The van der Waals surface area contributed by atoms with Gasteiger partial charge in [-0.05, 0) is 26.0 Å². The number of nitrogens with one attached hydrogen (secondary N) is 1. The zero-order valence-electron chi connectivity index (χ0n) is 11.2. The van der Waals surface area contributed by atoms with Gasteiger partial charge in [0.2, 0.25) is 0 Å². The van der Waals surface area contributed by atoms with Gasteiger partial charge in [0.1, 0.15) is 5.75 Å². The Morgan fingerprint density at radius 1 is 1.42 bits per heavy atom. The number of hydrogen-bond donors (Lipinski definition) is 1. The van der Waals surface area contributed by atoms with Crippen molar-refractivity contribution in [3.8, 4) is 11.8 Å². The van der Waals surface area contributed by atoms with Crippen molar-refractivity contribution < 1.29 is 4.74 Å². The van der Waals surface area contributed by atoms with Gasteiger partial charge in [-0.2, -0.15) is 5.26 Å². The summed E-state index contributed by atoms with van der Waals surface area (Å²) in [6.07, 6.45) is 0. The maximum absolute atomic E-state index is 8.86. The van der Waals surface area contributed by atoms with Crippen molar-refractivity contribution in [2.75, 3.05) is 12.4 Å². The maximum Gasteiger partial charge on any atom is 0.143 e. The molecule has 1 heterocycles. The molecule has 0 amide bonds. The first kappa shape index (κ1) is 13.4. The summed E-state index contributed by atoms with van der Waals surface area (Å²) in [5, 5.41) is 13.3. The highest BCUT2D eigenvalue weighted by Gasteiger charge is 2.07. The lowest BCUT2D eigenvalue weighted by Crippen LogP contribution is -2.01. The van der Waals surface area contributed by atoms with Gasteiger partial charge in [-0.25, -0.2) is 4.98 Å². The minimum absolute atomic E-state index is 0.590. The van der Waals surface area contributed by atoms with E-state index in [0.717, 1.165) is 16.4 Å². The number of nitriles is 1. The van der Waals surface area contributed by atoms with Gasteiger partial charge in [-0.1, -0.05) is 0 Å². The highest BCUT2D eigenvalue weighted by Crippen LogP contribution is 2.27. The summed E-state index contributed by atoms with van der Waals surface area (Å²) in [5.41, 5.74) is 2.53. The topological polar surface area (TPSA) is 57.9 Å². The van der Waals surface area contributed by atoms with Crippen LogP contribution in [0.4, 0.5) is 5.69 Å². The smallest absolute Gasteiger partial charge is 0.143 e. The maximum atomic E-state index is 8.86. The van der Waals surface area contributed by atoms with E-state index < -0.39 is 0 Å². The van der Waals surface area contributed by atoms with Crippen LogP contribution in [0.3, 0.4) is 0 Å². The molecule has 19 heavy (non-hydrogen) atoms. The molecular weight excluding hydrogens is 258 g/mol. The summed E-state index contributed by atoms with van der Waals surface area (Å²) >= 11 is 1.69. The number of hydrogen-bond acceptors (Lipinski definition) is 5. The van der Waals surface area contributed by atoms with E-state index in [4.69, 9.17) is 10.00 Å². The highest BCUT2D eigenvalue weighted by molar-refractivity contribution is 7.11. The Morgan fingerprint density at radius 3 is 2.79 bits per heavy atom. The highest BCUT2D eigenvalue weighted by atomic mass is 32.1. The standard InChI is InChI=1S/C14H15N3OS/c1-9-14(19-10(2)17-9)8-16-12-5-4-11(7-15)6-13(12)18-3/h4-6,16H,8H2,1-3H3. The summed E-state index contributed by atoms with van der Waals surface area (Å²) in [6, 6.07) is 7.46. The van der Waals surface area contributed by atoms with Crippen LogP contribution >= 0.6 is 11.3 Å². The third-order valence-corrected chi connectivity index (χ3v) is 3.84. The van der Waals surface area contributed by atoms with Gasteiger partial charge in [0, 0.05) is 10.9 Å². The zero-order chi connectivity index (χ0) is 13.8. The Labute approximate surface area is 116 Å². The van der Waals surface area contributed by atoms with Crippen molar-refractivity contribution in [3.05, 3.63) is 39.3 Å². The van der Waals surface area contributed by atoms with E-state index in [1.54, 1.807) is 30.6 Å². The van der Waals surface area contributed by atoms with Gasteiger partial charge < -0.3 is 10.1 Å². The first-order valence-electron chi connectivity index (χ1n) is 5.89. The minimum Gasteiger partial charge on any atom is -0.495 e. The van der Waals surface area contributed by atoms with Crippen molar-refractivity contribution in [1.82, 2.24) is 4.98 Å². The Bertz CT molecular complexity index is 628. The lowest BCUT2D eigenvalue weighted by molar-refractivity contribution is 0.416. The number of benzene rings is 1. The summed E-state index contributed by atoms with van der Waals surface area (Å²) in [7, 11) is 1.60. The lowest BCUT2D eigenvalue weighted by Gasteiger charge is -2.10. The van der Waals surface area contributed by atoms with E-state index in [1.807, 2.05) is 19.9 Å². The molecule has 0 aliphatic heterocycles. The number of rotatable bonds is 4. The Morgan fingerprint density at radius 2 is 2.21 bits per heavy atom. The van der Waals surface area contributed by atoms with Crippen LogP contribution in [0.25, 0.3) is 0 Å². The summed E-state index contributed by atoms with van der Waals surface area (Å²) in [5.74, 6) is 0.679. The number of aryl methyl sites for hydroxylation is 2. The molecule has 0 saturated heterocycles. The predicted molar refractivity (Wildman–Crippen MR) is 76.6 cm³/mol. The van der Waals surface area contributed by atoms with Crippen LogP contribution in [-0.4, -0.2) is 12.1 Å². The van der Waals surface area contributed by atoms with Crippen molar-refractivity contribution in [1.29, 1.82) is 5.26 Å². The molecule has 1 aromatic carbocycles. The van der Waals surface area contributed by atoms with Gasteiger partial charge in [0.05, 0.1) is 41.7 Å². The summed E-state index contributed by atoms with van der Waals surface area (Å²) in [6.45, 7) is 4.72. The quantitative estimate of drug-likeness (QED) is 0.929. The van der Waals surface area contributed by atoms with Gasteiger partial charge in [0.15, 0.2) is 0 Å². The van der Waals surface area contributed by atoms with E-state index in [1.165, 1.54) is 4.88 Å². The molecule has 2 rings (SSSR count). The zero-order valence-corrected chi connectivity index (χ0v) is 12.0. The lowest BCUT2D eigenvalue weighted by atomic mass is 10.2. The molecule has 98 valence electrons. The van der Waals surface area contributed by atoms with Gasteiger partial charge >= 0.3 is 0 Å². The normalized spacial score (nSPS) is 10.0. The molecule has 0 fully saturated rings.